The van der Waals surface area contributed by atoms with Gasteiger partial charge >= 0.3 is 5.97 Å². The zero-order chi connectivity index (χ0) is 16.4. The molecule has 120 valence electrons. The Labute approximate surface area is 139 Å². The topological polar surface area (TPSA) is 133 Å². The molecule has 0 radical (unpaired) electrons. The summed E-state index contributed by atoms with van der Waals surface area (Å²) >= 11 is 2.26. The van der Waals surface area contributed by atoms with Crippen molar-refractivity contribution < 1.29 is 29.4 Å². The minimum absolute atomic E-state index is 0.0161. The average Bonchev–Trinajstić information content (AvgIpc) is 2.42. The van der Waals surface area contributed by atoms with Gasteiger partial charge in [0.2, 0.25) is 14.8 Å². The number of rotatable bonds is 10. The van der Waals surface area contributed by atoms with E-state index in [2.05, 4.69) is 10.6 Å². The third kappa shape index (κ3) is 9.01. The van der Waals surface area contributed by atoms with Crippen LogP contribution in [-0.4, -0.2) is 62.5 Å². The van der Waals surface area contributed by atoms with Crippen LogP contribution in [0.15, 0.2) is 0 Å². The highest BCUT2D eigenvalue weighted by atomic mass is 127. The molecule has 0 aromatic heterocycles. The summed E-state index contributed by atoms with van der Waals surface area (Å²) in [6.07, 6.45) is -0.0952. The third-order valence-corrected chi connectivity index (χ3v) is 4.15. The number of likely N-dealkylation sites (N-methyl/N-ethyl adjacent to an activating group) is 1. The Morgan fingerprint density at radius 2 is 1.86 bits per heavy atom. The van der Waals surface area contributed by atoms with E-state index in [-0.39, 0.29) is 22.4 Å². The Morgan fingerprint density at radius 3 is 2.29 bits per heavy atom. The molecule has 0 aromatic rings. The van der Waals surface area contributed by atoms with Gasteiger partial charge in [-0.3, -0.25) is 19.2 Å². The molecule has 0 spiro atoms. The van der Waals surface area contributed by atoms with Crippen LogP contribution in [0, 0.1) is 0 Å². The van der Waals surface area contributed by atoms with Gasteiger partial charge in [-0.25, -0.2) is 0 Å². The fourth-order valence-electron chi connectivity index (χ4n) is 1.33. The van der Waals surface area contributed by atoms with Crippen molar-refractivity contribution in [3.05, 3.63) is 0 Å². The Balaban J connectivity index is 4.53. The maximum atomic E-state index is 12.0. The molecular formula is C11H17IN2O6S. The second kappa shape index (κ2) is 10.9. The molecule has 0 unspecified atom stereocenters. The highest BCUT2D eigenvalue weighted by Crippen LogP contribution is 2.09. The van der Waals surface area contributed by atoms with E-state index in [0.717, 1.165) is 11.8 Å². The fourth-order valence-corrected chi connectivity index (χ4v) is 2.69. The van der Waals surface area contributed by atoms with E-state index in [9.17, 15) is 19.2 Å². The van der Waals surface area contributed by atoms with Gasteiger partial charge in [0.05, 0.1) is 6.04 Å². The molecule has 21 heavy (non-hydrogen) atoms. The molecule has 2 atom stereocenters. The number of nitrogens with one attached hydrogen (secondary N) is 2. The molecule has 4 N–H and O–H groups in total. The van der Waals surface area contributed by atoms with E-state index >= 15 is 0 Å². The molecule has 0 bridgehead atoms. The predicted molar refractivity (Wildman–Crippen MR) is 85.2 cm³/mol. The van der Waals surface area contributed by atoms with Crippen LogP contribution in [0.1, 0.15) is 12.8 Å². The number of carbonyl (C=O) groups is 4. The summed E-state index contributed by atoms with van der Waals surface area (Å²) in [5, 5.41) is 21.9. The first-order valence-corrected chi connectivity index (χ1v) is 8.03. The first kappa shape index (κ1) is 20.3. The van der Waals surface area contributed by atoms with E-state index < -0.39 is 35.7 Å². The van der Waals surface area contributed by atoms with Gasteiger partial charge in [-0.15, -0.1) is 0 Å². The van der Waals surface area contributed by atoms with Crippen molar-refractivity contribution in [2.24, 2.45) is 0 Å². The quantitative estimate of drug-likeness (QED) is 0.259. The number of halogens is 1. The summed E-state index contributed by atoms with van der Waals surface area (Å²) < 4.78 is -0.354. The van der Waals surface area contributed by atoms with Crippen molar-refractivity contribution in [1.82, 2.24) is 10.6 Å². The van der Waals surface area contributed by atoms with E-state index in [1.807, 2.05) is 0 Å². The average molecular weight is 432 g/mol. The van der Waals surface area contributed by atoms with Crippen LogP contribution in [0.25, 0.3) is 0 Å². The highest BCUT2D eigenvalue weighted by Gasteiger charge is 2.24. The maximum Gasteiger partial charge on any atom is 0.303 e. The number of thioether (sulfide) groups is 1. The number of carboxylic acid groups (broad SMARTS) is 1. The summed E-state index contributed by atoms with van der Waals surface area (Å²) in [5.74, 6) is -1.51. The SMILES string of the molecule is CN[C@@H](CCC(=O)O)C(=O)N[C@@H](CSC(=O)CO)C(=O)I. The lowest BCUT2D eigenvalue weighted by molar-refractivity contribution is -0.137. The Kier molecular flexibility index (Phi) is 10.6. The summed E-state index contributed by atoms with van der Waals surface area (Å²) in [5.41, 5.74) is 0. The van der Waals surface area contributed by atoms with E-state index in [1.165, 1.54) is 29.6 Å². The molecule has 8 nitrogen and oxygen atoms in total. The molecule has 0 saturated heterocycles. The summed E-state index contributed by atoms with van der Waals surface area (Å²) in [6, 6.07) is -1.61. The van der Waals surface area contributed by atoms with Crippen molar-refractivity contribution in [3.63, 3.8) is 0 Å². The van der Waals surface area contributed by atoms with Gasteiger partial charge in [0.15, 0.2) is 0 Å². The molecule has 0 saturated carbocycles. The first-order valence-electron chi connectivity index (χ1n) is 5.97. The van der Waals surface area contributed by atoms with Crippen molar-refractivity contribution in [1.29, 1.82) is 0 Å². The Bertz CT molecular complexity index is 406. The molecule has 0 heterocycles. The predicted octanol–water partition coefficient (Wildman–Crippen LogP) is -0.862. The number of amides is 1. The van der Waals surface area contributed by atoms with Crippen LogP contribution in [0.2, 0.25) is 0 Å². The molecule has 0 aliphatic rings. The van der Waals surface area contributed by atoms with Crippen molar-refractivity contribution in [2.75, 3.05) is 19.4 Å². The lowest BCUT2D eigenvalue weighted by atomic mass is 10.1. The van der Waals surface area contributed by atoms with Crippen molar-refractivity contribution >= 4 is 55.1 Å². The first-order chi connectivity index (χ1) is 9.81. The lowest BCUT2D eigenvalue weighted by Crippen LogP contribution is -2.49. The van der Waals surface area contributed by atoms with E-state index in [4.69, 9.17) is 10.2 Å². The minimum atomic E-state index is -1.02. The van der Waals surface area contributed by atoms with Gasteiger partial charge < -0.3 is 20.8 Å². The second-order valence-corrected chi connectivity index (χ2v) is 6.12. The molecule has 10 heteroatoms. The molecule has 1 amide bonds. The maximum absolute atomic E-state index is 12.0. The van der Waals surface area contributed by atoms with Gasteiger partial charge in [0.1, 0.15) is 12.6 Å². The smallest absolute Gasteiger partial charge is 0.303 e. The van der Waals surface area contributed by atoms with Crippen LogP contribution in [-0.2, 0) is 19.2 Å². The van der Waals surface area contributed by atoms with Gasteiger partial charge in [0.25, 0.3) is 0 Å². The zero-order valence-corrected chi connectivity index (χ0v) is 14.3. The molecule has 0 rings (SSSR count). The van der Waals surface area contributed by atoms with Crippen LogP contribution >= 0.6 is 34.4 Å². The van der Waals surface area contributed by atoms with E-state index in [0.29, 0.717) is 0 Å². The number of aliphatic hydroxyl groups is 1. The highest BCUT2D eigenvalue weighted by molar-refractivity contribution is 14.1. The van der Waals surface area contributed by atoms with Gasteiger partial charge in [0, 0.05) is 34.8 Å². The van der Waals surface area contributed by atoms with Crippen molar-refractivity contribution in [3.8, 4) is 0 Å². The second-order valence-electron chi connectivity index (χ2n) is 3.98. The van der Waals surface area contributed by atoms with E-state index in [1.54, 1.807) is 0 Å². The van der Waals surface area contributed by atoms with Gasteiger partial charge in [-0.2, -0.15) is 0 Å². The summed E-state index contributed by atoms with van der Waals surface area (Å²) in [4.78, 5) is 44.9. The molecular weight excluding hydrogens is 415 g/mol. The van der Waals surface area contributed by atoms with Gasteiger partial charge in [-0.05, 0) is 13.5 Å². The van der Waals surface area contributed by atoms with Crippen molar-refractivity contribution in [2.45, 2.75) is 24.9 Å². The Hall–Kier alpha value is -0.720. The number of aliphatic hydroxyl groups excluding tert-OH is 1. The molecule has 0 fully saturated rings. The number of carbonyl (C=O) groups excluding carboxylic acids is 3. The summed E-state index contributed by atoms with van der Waals surface area (Å²) in [7, 11) is 1.51. The zero-order valence-electron chi connectivity index (χ0n) is 11.3. The van der Waals surface area contributed by atoms with Crippen LogP contribution < -0.4 is 10.6 Å². The van der Waals surface area contributed by atoms with Gasteiger partial charge in [-0.1, -0.05) is 11.8 Å². The number of carboxylic acids is 1. The van der Waals surface area contributed by atoms with Crippen LogP contribution in [0.3, 0.4) is 0 Å². The number of hydrogen-bond donors (Lipinski definition) is 4. The fraction of sp³-hybridized carbons (Fsp3) is 0.636. The third-order valence-electron chi connectivity index (χ3n) is 2.44. The molecule has 0 aliphatic carbocycles. The largest absolute Gasteiger partial charge is 0.481 e. The monoisotopic (exact) mass is 432 g/mol. The minimum Gasteiger partial charge on any atom is -0.481 e. The number of hydrogen-bond acceptors (Lipinski definition) is 7. The van der Waals surface area contributed by atoms with Crippen LogP contribution in [0.4, 0.5) is 0 Å². The Morgan fingerprint density at radius 1 is 1.24 bits per heavy atom. The normalized spacial score (nSPS) is 13.3. The standard InChI is InChI=1S/C11H17IN2O6S/c1-13-6(2-3-8(16)17)11(20)14-7(10(12)19)5-21-9(18)4-15/h6-7,13,15H,2-5H2,1H3,(H,14,20)(H,16,17)/t6-,7-/m0/s1. The summed E-state index contributed by atoms with van der Waals surface area (Å²) in [6.45, 7) is -0.640. The molecule has 0 aliphatic heterocycles. The van der Waals surface area contributed by atoms with Crippen LogP contribution in [0.5, 0.6) is 0 Å². The number of aliphatic carboxylic acids is 1. The lowest BCUT2D eigenvalue weighted by Gasteiger charge is -2.19. The molecule has 0 aromatic carbocycles.